The van der Waals surface area contributed by atoms with Gasteiger partial charge in [0.2, 0.25) is 0 Å². The minimum atomic E-state index is -1.79. The van der Waals surface area contributed by atoms with Gasteiger partial charge in [-0.15, -0.1) is 0 Å². The van der Waals surface area contributed by atoms with Gasteiger partial charge in [0.25, 0.3) is 0 Å². The molecule has 1 aliphatic rings. The Morgan fingerprint density at radius 3 is 0.854 bits per heavy atom. The number of esters is 2. The number of nitrogens with zero attached hydrogens (tertiary/aromatic N) is 2. The Bertz CT molecular complexity index is 1430. The molecule has 82 heavy (non-hydrogen) atoms. The number of cyclic esters (lactones) is 2. The summed E-state index contributed by atoms with van der Waals surface area (Å²) in [6.45, 7) is 38.4. The quantitative estimate of drug-likeness (QED) is 0.0336. The van der Waals surface area contributed by atoms with Crippen molar-refractivity contribution in [1.82, 2.24) is 9.80 Å². The Balaban J connectivity index is 3.00. The first kappa shape index (κ1) is 79.4. The van der Waals surface area contributed by atoms with E-state index in [0.717, 1.165) is 84.2 Å². The molecule has 0 radical (unpaired) electrons. The third kappa shape index (κ3) is 48.4. The van der Waals surface area contributed by atoms with E-state index in [0.29, 0.717) is 18.8 Å². The summed E-state index contributed by atoms with van der Waals surface area (Å²) in [4.78, 5) is 32.5. The number of rotatable bonds is 60. The minimum Gasteiger partial charge on any atom is -0.448 e. The maximum absolute atomic E-state index is 13.6. The zero-order valence-corrected chi connectivity index (χ0v) is 60.7. The lowest BCUT2D eigenvalue weighted by atomic mass is 10.00. The van der Waals surface area contributed by atoms with Crippen LogP contribution in [-0.2, 0) is 32.3 Å². The summed E-state index contributed by atoms with van der Waals surface area (Å²) in [5, 5.41) is 0. The first-order valence-electron chi connectivity index (χ1n) is 36.1. The Labute approximate surface area is 515 Å². The summed E-state index contributed by atoms with van der Waals surface area (Å²) in [6, 6.07) is 0. The SMILES string of the molecule is CCCCCCCCCC[C@@H](C)CN(CCCCC1OC(=O)C(CCCCN(C[C@@H](CCCCCCCCCC)O[Si](C)(C)C)C[C@@H](CCCCCCCCCC)O[Si](C)(C)C)OC1=O)C[C@@H](CCCCCCCCCC)O[Si](C)(C)C. The number of hydrogen-bond donors (Lipinski definition) is 0. The third-order valence-corrected chi connectivity index (χ3v) is 19.8. The molecule has 0 bridgehead atoms. The van der Waals surface area contributed by atoms with E-state index >= 15 is 0 Å². The summed E-state index contributed by atoms with van der Waals surface area (Å²) in [6.07, 6.45) is 50.7. The molecule has 0 N–H and O–H groups in total. The average molecular weight is 1210 g/mol. The van der Waals surface area contributed by atoms with E-state index in [1.54, 1.807) is 0 Å². The summed E-state index contributed by atoms with van der Waals surface area (Å²) >= 11 is 0. The first-order valence-corrected chi connectivity index (χ1v) is 46.3. The van der Waals surface area contributed by atoms with Crippen LogP contribution in [0, 0.1) is 5.92 Å². The Hall–Kier alpha value is -0.609. The topological polar surface area (TPSA) is 86.8 Å². The minimum absolute atomic E-state index is 0.204. The molecule has 0 spiro atoms. The molecule has 1 aliphatic heterocycles. The van der Waals surface area contributed by atoms with Crippen molar-refractivity contribution in [2.75, 3.05) is 39.3 Å². The normalized spacial score (nSPS) is 17.0. The maximum atomic E-state index is 13.6. The zero-order valence-electron chi connectivity index (χ0n) is 57.7. The van der Waals surface area contributed by atoms with Crippen LogP contribution < -0.4 is 0 Å². The van der Waals surface area contributed by atoms with Gasteiger partial charge in [0.1, 0.15) is 0 Å². The fraction of sp³-hybridized carbons (Fsp3) is 0.971. The van der Waals surface area contributed by atoms with E-state index in [9.17, 15) is 9.59 Å². The van der Waals surface area contributed by atoms with Gasteiger partial charge in [0.15, 0.2) is 37.2 Å². The van der Waals surface area contributed by atoms with Crippen molar-refractivity contribution in [3.05, 3.63) is 0 Å². The molecule has 0 aromatic rings. The van der Waals surface area contributed by atoms with Crippen molar-refractivity contribution in [2.45, 2.75) is 394 Å². The average Bonchev–Trinajstić information content (AvgIpc) is 3.48. The molecule has 0 aliphatic carbocycles. The van der Waals surface area contributed by atoms with E-state index in [2.05, 4.69) is 103 Å². The molecule has 9 nitrogen and oxygen atoms in total. The second-order valence-corrected chi connectivity index (χ2v) is 42.5. The largest absolute Gasteiger partial charge is 0.448 e. The lowest BCUT2D eigenvalue weighted by molar-refractivity contribution is -0.196. The fourth-order valence-corrected chi connectivity index (χ4v) is 15.9. The first-order chi connectivity index (χ1) is 39.2. The molecule has 12 heteroatoms. The fourth-order valence-electron chi connectivity index (χ4n) is 12.3. The predicted octanol–water partition coefficient (Wildman–Crippen LogP) is 21.2. The Kier molecular flexibility index (Phi) is 48.7. The monoisotopic (exact) mass is 1210 g/mol. The van der Waals surface area contributed by atoms with Gasteiger partial charge in [-0.25, -0.2) is 9.59 Å². The van der Waals surface area contributed by atoms with Crippen LogP contribution in [0.15, 0.2) is 0 Å². The number of carbonyl (C=O) groups excluding carboxylic acids is 2. The van der Waals surface area contributed by atoms with E-state index in [1.807, 2.05) is 0 Å². The van der Waals surface area contributed by atoms with Crippen LogP contribution in [0.25, 0.3) is 0 Å². The molecule has 1 rings (SSSR count). The molecule has 2 unspecified atom stereocenters. The van der Waals surface area contributed by atoms with Gasteiger partial charge in [-0.05, 0) is 142 Å². The molecule has 0 aromatic carbocycles. The highest BCUT2D eigenvalue weighted by Gasteiger charge is 2.38. The molecular weight excluding hydrogens is 1070 g/mol. The summed E-state index contributed by atoms with van der Waals surface area (Å²) < 4.78 is 32.8. The van der Waals surface area contributed by atoms with Crippen LogP contribution in [0.4, 0.5) is 0 Å². The molecular formula is C70H144N2O7Si3. The van der Waals surface area contributed by atoms with Crippen molar-refractivity contribution < 1.29 is 32.3 Å². The van der Waals surface area contributed by atoms with Crippen molar-refractivity contribution in [1.29, 1.82) is 0 Å². The van der Waals surface area contributed by atoms with Gasteiger partial charge in [-0.2, -0.15) is 0 Å². The Morgan fingerprint density at radius 1 is 0.341 bits per heavy atom. The Morgan fingerprint density at radius 2 is 0.585 bits per heavy atom. The van der Waals surface area contributed by atoms with E-state index in [1.165, 1.54) is 212 Å². The summed E-state index contributed by atoms with van der Waals surface area (Å²) in [7, 11) is -5.32. The molecule has 0 amide bonds. The van der Waals surface area contributed by atoms with Crippen LogP contribution in [-0.4, -0.2) is 116 Å². The van der Waals surface area contributed by atoms with E-state index in [4.69, 9.17) is 22.8 Å². The second kappa shape index (κ2) is 50.3. The molecule has 1 saturated heterocycles. The lowest BCUT2D eigenvalue weighted by Gasteiger charge is -2.35. The highest BCUT2D eigenvalue weighted by molar-refractivity contribution is 6.70. The van der Waals surface area contributed by atoms with E-state index in [-0.39, 0.29) is 30.3 Å². The van der Waals surface area contributed by atoms with Crippen LogP contribution in [0.1, 0.15) is 304 Å². The standard InChI is InChI=1S/C70H144N2O7Si3/c1-15-19-23-27-31-35-39-43-51-63(5)59-71(60-64(77-80(6,7)8)52-44-40-36-32-28-24-20-16-2)57-49-47-55-67-69(73)76-68(70(74)75-67)56-48-50-58-72(61-65(78-81(9,10)11)53-45-41-37-33-29-25-21-17-3)62-66(79-82(12,13)14)54-46-42-38-34-30-26-22-18-4/h63-68H,15-62H2,1-14H3/t63-,64-,65-,66-,67?,68?/m1/s1. The molecule has 1 heterocycles. The number of carbonyl (C=O) groups is 2. The molecule has 1 fully saturated rings. The van der Waals surface area contributed by atoms with Crippen molar-refractivity contribution >= 4 is 36.9 Å². The second-order valence-electron chi connectivity index (χ2n) is 29.1. The van der Waals surface area contributed by atoms with Crippen LogP contribution in [0.5, 0.6) is 0 Å². The van der Waals surface area contributed by atoms with Gasteiger partial charge >= 0.3 is 11.9 Å². The van der Waals surface area contributed by atoms with Gasteiger partial charge < -0.3 is 27.7 Å². The number of unbranched alkanes of at least 4 members (excludes halogenated alkanes) is 30. The third-order valence-electron chi connectivity index (χ3n) is 16.6. The number of hydrogen-bond acceptors (Lipinski definition) is 9. The molecule has 0 saturated carbocycles. The van der Waals surface area contributed by atoms with Crippen LogP contribution in [0.3, 0.4) is 0 Å². The molecule has 6 atom stereocenters. The summed E-state index contributed by atoms with van der Waals surface area (Å²) in [5.41, 5.74) is 0. The highest BCUT2D eigenvalue weighted by Crippen LogP contribution is 2.25. The van der Waals surface area contributed by atoms with Crippen molar-refractivity contribution in [3.63, 3.8) is 0 Å². The zero-order chi connectivity index (χ0) is 60.8. The van der Waals surface area contributed by atoms with Crippen molar-refractivity contribution in [3.8, 4) is 0 Å². The number of ether oxygens (including phenoxy) is 2. The van der Waals surface area contributed by atoms with Crippen molar-refractivity contribution in [2.24, 2.45) is 5.92 Å². The highest BCUT2D eigenvalue weighted by atomic mass is 28.4. The maximum Gasteiger partial charge on any atom is 0.348 e. The van der Waals surface area contributed by atoms with E-state index < -0.39 is 37.2 Å². The van der Waals surface area contributed by atoms with Gasteiger partial charge in [0, 0.05) is 26.2 Å². The summed E-state index contributed by atoms with van der Waals surface area (Å²) in [5.74, 6) is -0.107. The van der Waals surface area contributed by atoms with Gasteiger partial charge in [-0.3, -0.25) is 4.90 Å². The van der Waals surface area contributed by atoms with Gasteiger partial charge in [-0.1, -0.05) is 240 Å². The van der Waals surface area contributed by atoms with Gasteiger partial charge in [0.05, 0.1) is 18.3 Å². The van der Waals surface area contributed by atoms with Crippen LogP contribution >= 0.6 is 0 Å². The van der Waals surface area contributed by atoms with Crippen LogP contribution in [0.2, 0.25) is 58.9 Å². The predicted molar refractivity (Wildman–Crippen MR) is 363 cm³/mol. The lowest BCUT2D eigenvalue weighted by Crippen LogP contribution is -2.45. The molecule has 488 valence electrons. The smallest absolute Gasteiger partial charge is 0.348 e. The molecule has 0 aromatic heterocycles.